The molecule has 2 nitrogen and oxygen atoms in total. The molecule has 0 aliphatic carbocycles. The third-order valence-corrected chi connectivity index (χ3v) is 3.15. The molecule has 2 aromatic rings. The molecular weight excluding hydrogens is 234 g/mol. The minimum atomic E-state index is -0.485. The van der Waals surface area contributed by atoms with E-state index in [0.717, 1.165) is 11.3 Å². The molecule has 0 spiro atoms. The fourth-order valence-corrected chi connectivity index (χ4v) is 2.29. The van der Waals surface area contributed by atoms with Gasteiger partial charge in [0.05, 0.1) is 6.10 Å². The molecule has 0 aliphatic rings. The Morgan fingerprint density at radius 2 is 1.63 bits per heavy atom. The number of rotatable bonds is 4. The largest absolute Gasteiger partial charge is 0.387 e. The zero-order valence-electron chi connectivity index (χ0n) is 11.8. The van der Waals surface area contributed by atoms with E-state index in [2.05, 4.69) is 37.4 Å². The van der Waals surface area contributed by atoms with Crippen LogP contribution in [0.4, 0.5) is 5.69 Å². The summed E-state index contributed by atoms with van der Waals surface area (Å²) < 4.78 is 0. The molecule has 0 aromatic heterocycles. The van der Waals surface area contributed by atoms with Crippen LogP contribution in [0.25, 0.3) is 0 Å². The molecule has 100 valence electrons. The Hall–Kier alpha value is -1.80. The number of anilines is 1. The molecule has 0 amide bonds. The van der Waals surface area contributed by atoms with E-state index in [4.69, 9.17) is 0 Å². The smallest absolute Gasteiger partial charge is 0.0962 e. The van der Waals surface area contributed by atoms with Crippen LogP contribution >= 0.6 is 0 Å². The predicted molar refractivity (Wildman–Crippen MR) is 80.5 cm³/mol. The lowest BCUT2D eigenvalue weighted by molar-refractivity contribution is 0.191. The Kier molecular flexibility index (Phi) is 4.23. The summed E-state index contributed by atoms with van der Waals surface area (Å²) in [6, 6.07) is 14.3. The molecule has 2 rings (SSSR count). The van der Waals surface area contributed by atoms with Crippen molar-refractivity contribution in [2.75, 3.05) is 11.9 Å². The monoisotopic (exact) mass is 255 g/mol. The molecule has 0 heterocycles. The first-order valence-corrected chi connectivity index (χ1v) is 6.61. The molecule has 2 heteroatoms. The minimum absolute atomic E-state index is 0.485. The molecule has 2 aromatic carbocycles. The van der Waals surface area contributed by atoms with Crippen LogP contribution in [0.2, 0.25) is 0 Å². The number of hydrogen-bond acceptors (Lipinski definition) is 2. The van der Waals surface area contributed by atoms with E-state index in [9.17, 15) is 5.11 Å². The van der Waals surface area contributed by atoms with Crippen LogP contribution in [0.3, 0.4) is 0 Å². The number of nitrogens with one attached hydrogen (secondary N) is 1. The van der Waals surface area contributed by atoms with Gasteiger partial charge in [-0.25, -0.2) is 0 Å². The standard InChI is InChI=1S/C17H21NO/c1-12-5-4-6-15(8-12)17(19)11-18-16-9-13(2)7-14(3)10-16/h4-10,17-19H,11H2,1-3H3. The maximum atomic E-state index is 10.2. The van der Waals surface area contributed by atoms with Gasteiger partial charge in [-0.2, -0.15) is 0 Å². The van der Waals surface area contributed by atoms with Gasteiger partial charge in [0.25, 0.3) is 0 Å². The van der Waals surface area contributed by atoms with E-state index < -0.39 is 6.10 Å². The molecule has 0 aliphatic heterocycles. The van der Waals surface area contributed by atoms with Gasteiger partial charge in [-0.15, -0.1) is 0 Å². The Labute approximate surface area is 115 Å². The van der Waals surface area contributed by atoms with E-state index >= 15 is 0 Å². The van der Waals surface area contributed by atoms with E-state index in [1.54, 1.807) is 0 Å². The zero-order valence-corrected chi connectivity index (χ0v) is 11.8. The summed E-state index contributed by atoms with van der Waals surface area (Å²) in [7, 11) is 0. The third kappa shape index (κ3) is 3.83. The average Bonchev–Trinajstić information content (AvgIpc) is 2.35. The van der Waals surface area contributed by atoms with Crippen LogP contribution in [0.5, 0.6) is 0 Å². The number of aryl methyl sites for hydroxylation is 3. The van der Waals surface area contributed by atoms with Crippen molar-refractivity contribution >= 4 is 5.69 Å². The van der Waals surface area contributed by atoms with Crippen LogP contribution in [-0.4, -0.2) is 11.7 Å². The first kappa shape index (κ1) is 13.6. The lowest BCUT2D eigenvalue weighted by Gasteiger charge is -2.14. The second kappa shape index (κ2) is 5.89. The molecule has 0 bridgehead atoms. The normalized spacial score (nSPS) is 12.2. The van der Waals surface area contributed by atoms with Gasteiger partial charge in [0, 0.05) is 12.2 Å². The SMILES string of the molecule is Cc1cc(C)cc(NCC(O)c2cccc(C)c2)c1. The van der Waals surface area contributed by atoms with E-state index in [-0.39, 0.29) is 0 Å². The summed E-state index contributed by atoms with van der Waals surface area (Å²) in [6.07, 6.45) is -0.485. The Morgan fingerprint density at radius 1 is 0.947 bits per heavy atom. The summed E-state index contributed by atoms with van der Waals surface area (Å²) in [6.45, 7) is 6.71. The molecular formula is C17H21NO. The van der Waals surface area contributed by atoms with Crippen LogP contribution in [0.15, 0.2) is 42.5 Å². The zero-order chi connectivity index (χ0) is 13.8. The summed E-state index contributed by atoms with van der Waals surface area (Å²) in [5.74, 6) is 0. The first-order valence-electron chi connectivity index (χ1n) is 6.61. The quantitative estimate of drug-likeness (QED) is 0.872. The lowest BCUT2D eigenvalue weighted by atomic mass is 10.1. The number of benzene rings is 2. The van der Waals surface area contributed by atoms with Crippen molar-refractivity contribution in [3.05, 3.63) is 64.7 Å². The predicted octanol–water partition coefficient (Wildman–Crippen LogP) is 3.76. The van der Waals surface area contributed by atoms with Gasteiger partial charge in [-0.3, -0.25) is 0 Å². The van der Waals surface area contributed by atoms with Crippen molar-refractivity contribution in [3.63, 3.8) is 0 Å². The lowest BCUT2D eigenvalue weighted by Crippen LogP contribution is -2.12. The molecule has 0 saturated carbocycles. The van der Waals surface area contributed by atoms with Gasteiger partial charge in [0.1, 0.15) is 0 Å². The van der Waals surface area contributed by atoms with Gasteiger partial charge in [-0.05, 0) is 49.6 Å². The van der Waals surface area contributed by atoms with Crippen molar-refractivity contribution in [1.82, 2.24) is 0 Å². The first-order chi connectivity index (χ1) is 9.04. The molecule has 2 N–H and O–H groups in total. The second-order valence-corrected chi connectivity index (χ2v) is 5.19. The van der Waals surface area contributed by atoms with E-state index in [1.165, 1.54) is 16.7 Å². The molecule has 19 heavy (non-hydrogen) atoms. The van der Waals surface area contributed by atoms with Crippen molar-refractivity contribution in [3.8, 4) is 0 Å². The van der Waals surface area contributed by atoms with Crippen molar-refractivity contribution in [1.29, 1.82) is 0 Å². The highest BCUT2D eigenvalue weighted by Gasteiger charge is 2.07. The summed E-state index contributed by atoms with van der Waals surface area (Å²) in [4.78, 5) is 0. The van der Waals surface area contributed by atoms with Crippen molar-refractivity contribution in [2.45, 2.75) is 26.9 Å². The van der Waals surface area contributed by atoms with Crippen LogP contribution < -0.4 is 5.32 Å². The van der Waals surface area contributed by atoms with E-state index in [1.807, 2.05) is 31.2 Å². The van der Waals surface area contributed by atoms with Crippen LogP contribution in [0, 0.1) is 20.8 Å². The Bertz CT molecular complexity index is 543. The number of aliphatic hydroxyl groups excluding tert-OH is 1. The molecule has 1 atom stereocenters. The Morgan fingerprint density at radius 3 is 2.26 bits per heavy atom. The van der Waals surface area contributed by atoms with Gasteiger partial charge in [0.15, 0.2) is 0 Å². The number of aliphatic hydroxyl groups is 1. The van der Waals surface area contributed by atoms with Crippen molar-refractivity contribution in [2.24, 2.45) is 0 Å². The Balaban J connectivity index is 2.02. The van der Waals surface area contributed by atoms with Crippen molar-refractivity contribution < 1.29 is 5.11 Å². The molecule has 0 radical (unpaired) electrons. The van der Waals surface area contributed by atoms with Crippen LogP contribution in [0.1, 0.15) is 28.4 Å². The van der Waals surface area contributed by atoms with Gasteiger partial charge < -0.3 is 10.4 Å². The van der Waals surface area contributed by atoms with Gasteiger partial charge in [-0.1, -0.05) is 35.9 Å². The van der Waals surface area contributed by atoms with Gasteiger partial charge in [0.2, 0.25) is 0 Å². The minimum Gasteiger partial charge on any atom is -0.387 e. The third-order valence-electron chi connectivity index (χ3n) is 3.15. The summed E-state index contributed by atoms with van der Waals surface area (Å²) in [5.41, 5.74) is 5.64. The summed E-state index contributed by atoms with van der Waals surface area (Å²) in [5, 5.41) is 13.5. The molecule has 0 fully saturated rings. The number of hydrogen-bond donors (Lipinski definition) is 2. The maximum Gasteiger partial charge on any atom is 0.0962 e. The second-order valence-electron chi connectivity index (χ2n) is 5.19. The maximum absolute atomic E-state index is 10.2. The fourth-order valence-electron chi connectivity index (χ4n) is 2.29. The van der Waals surface area contributed by atoms with E-state index in [0.29, 0.717) is 6.54 Å². The average molecular weight is 255 g/mol. The highest BCUT2D eigenvalue weighted by Crippen LogP contribution is 2.17. The highest BCUT2D eigenvalue weighted by atomic mass is 16.3. The molecule has 0 saturated heterocycles. The fraction of sp³-hybridized carbons (Fsp3) is 0.294. The van der Waals surface area contributed by atoms with Gasteiger partial charge >= 0.3 is 0 Å². The topological polar surface area (TPSA) is 32.3 Å². The van der Waals surface area contributed by atoms with Crippen LogP contribution in [-0.2, 0) is 0 Å². The molecule has 1 unspecified atom stereocenters. The highest BCUT2D eigenvalue weighted by molar-refractivity contribution is 5.48. The summed E-state index contributed by atoms with van der Waals surface area (Å²) >= 11 is 0.